The number of rotatable bonds is 7. The van der Waals surface area contributed by atoms with Gasteiger partial charge in [0.05, 0.1) is 49.3 Å². The Bertz CT molecular complexity index is 2160. The summed E-state index contributed by atoms with van der Waals surface area (Å²) in [4.78, 5) is 26.3. The number of amides is 1. The molecule has 1 aliphatic carbocycles. The summed E-state index contributed by atoms with van der Waals surface area (Å²) in [7, 11) is -3.34. The molecule has 3 atom stereocenters. The zero-order chi connectivity index (χ0) is 38.4. The minimum atomic E-state index is -2.66. The second kappa shape index (κ2) is 12.5. The maximum Gasteiger partial charge on any atom is 0.254 e. The molecule has 50 heavy (non-hydrogen) atoms. The lowest BCUT2D eigenvalue weighted by molar-refractivity contribution is 0.0734. The van der Waals surface area contributed by atoms with Crippen molar-refractivity contribution in [3.8, 4) is 21.9 Å². The zero-order valence-electron chi connectivity index (χ0n) is 33.7. The molecule has 10 heteroatoms. The molecule has 1 amide bonds. The predicted molar refractivity (Wildman–Crippen MR) is 209 cm³/mol. The minimum Gasteiger partial charge on any atom is -0.331 e. The van der Waals surface area contributed by atoms with Crippen LogP contribution < -0.4 is 4.72 Å². The SMILES string of the molecule is [2H]C([2H])([2H])N1C(=O)c2cccc(C#C[Si](C(C)C)(C(C)C)C(C)C)c2[C@H]2C[C@@H]1c1nc3ccc(-c4cnc(C5(NS(=O)C(C)(C)C)CCC5)s4)cc3n12. The van der Waals surface area contributed by atoms with Crippen molar-refractivity contribution < 1.29 is 13.1 Å². The number of aromatic nitrogens is 3. The molecule has 2 aliphatic heterocycles. The van der Waals surface area contributed by atoms with Gasteiger partial charge in [-0.1, -0.05) is 59.6 Å². The van der Waals surface area contributed by atoms with E-state index in [1.165, 1.54) is 0 Å². The summed E-state index contributed by atoms with van der Waals surface area (Å²) in [6, 6.07) is 10.7. The first-order valence-corrected chi connectivity index (χ1v) is 22.2. The molecule has 0 spiro atoms. The highest BCUT2D eigenvalue weighted by Crippen LogP contribution is 2.50. The van der Waals surface area contributed by atoms with Gasteiger partial charge in [-0.3, -0.25) is 4.79 Å². The first-order valence-electron chi connectivity index (χ1n) is 19.5. The molecular formula is C40H51N5O2S2Si. The zero-order valence-corrected chi connectivity index (χ0v) is 33.3. The Balaban J connectivity index is 1.37. The van der Waals surface area contributed by atoms with E-state index >= 15 is 0 Å². The van der Waals surface area contributed by atoms with Crippen molar-refractivity contribution in [3.63, 3.8) is 0 Å². The lowest BCUT2D eigenvalue weighted by atomic mass is 9.78. The molecule has 2 aromatic carbocycles. The Labute approximate surface area is 309 Å². The summed E-state index contributed by atoms with van der Waals surface area (Å²) in [5.74, 6) is 3.72. The Morgan fingerprint density at radius 3 is 2.42 bits per heavy atom. The Morgan fingerprint density at radius 1 is 1.08 bits per heavy atom. The molecule has 3 aliphatic rings. The molecule has 0 saturated heterocycles. The molecule has 4 heterocycles. The summed E-state index contributed by atoms with van der Waals surface area (Å²) in [5, 5.41) is 0.940. The van der Waals surface area contributed by atoms with Crippen LogP contribution in [0.25, 0.3) is 21.5 Å². The average molecular weight is 729 g/mol. The van der Waals surface area contributed by atoms with E-state index in [0.29, 0.717) is 34.4 Å². The molecule has 0 radical (unpaired) electrons. The minimum absolute atomic E-state index is 0.327. The van der Waals surface area contributed by atoms with Crippen LogP contribution in [0.5, 0.6) is 0 Å². The smallest absolute Gasteiger partial charge is 0.254 e. The van der Waals surface area contributed by atoms with Crippen LogP contribution in [0, 0.1) is 11.5 Å². The normalized spacial score (nSPS) is 21.6. The maximum atomic E-state index is 14.3. The molecular weight excluding hydrogens is 675 g/mol. The van der Waals surface area contributed by atoms with Gasteiger partial charge in [0.15, 0.2) is 0 Å². The topological polar surface area (TPSA) is 80.1 Å². The molecule has 2 bridgehead atoms. The first-order chi connectivity index (χ1) is 24.8. The summed E-state index contributed by atoms with van der Waals surface area (Å²) >= 11 is 1.62. The molecule has 264 valence electrons. The van der Waals surface area contributed by atoms with E-state index in [-0.39, 0.29) is 10.8 Å². The van der Waals surface area contributed by atoms with Crippen LogP contribution in [0.3, 0.4) is 0 Å². The van der Waals surface area contributed by atoms with E-state index in [1.807, 2.05) is 51.2 Å². The molecule has 1 fully saturated rings. The van der Waals surface area contributed by atoms with E-state index in [2.05, 4.69) is 68.4 Å². The summed E-state index contributed by atoms with van der Waals surface area (Å²) in [6.45, 7) is 17.0. The number of carbonyl (C=O) groups excluding carboxylic acids is 1. The highest BCUT2D eigenvalue weighted by atomic mass is 32.2. The summed E-state index contributed by atoms with van der Waals surface area (Å²) in [6.07, 6.45) is 5.14. The van der Waals surface area contributed by atoms with Crippen molar-refractivity contribution in [2.75, 3.05) is 6.98 Å². The van der Waals surface area contributed by atoms with Gasteiger partial charge in [0.1, 0.15) is 18.9 Å². The number of nitrogens with zero attached hydrogens (tertiary/aromatic N) is 4. The molecule has 7 rings (SSSR count). The molecule has 1 N–H and O–H groups in total. The second-order valence-electron chi connectivity index (χ2n) is 16.3. The van der Waals surface area contributed by atoms with Crippen LogP contribution in [0.15, 0.2) is 42.6 Å². The van der Waals surface area contributed by atoms with Gasteiger partial charge < -0.3 is 9.47 Å². The number of benzene rings is 2. The van der Waals surface area contributed by atoms with Crippen LogP contribution in [-0.4, -0.2) is 49.3 Å². The van der Waals surface area contributed by atoms with Crippen molar-refractivity contribution >= 4 is 47.3 Å². The Hall–Kier alpha value is -3.10. The lowest BCUT2D eigenvalue weighted by Crippen LogP contribution is -2.52. The van der Waals surface area contributed by atoms with E-state index < -0.39 is 43.5 Å². The number of thiazole rings is 1. The van der Waals surface area contributed by atoms with Gasteiger partial charge in [0, 0.05) is 40.4 Å². The number of imidazole rings is 1. The van der Waals surface area contributed by atoms with Crippen LogP contribution in [0.4, 0.5) is 0 Å². The van der Waals surface area contributed by atoms with Gasteiger partial charge in [0.2, 0.25) is 0 Å². The van der Waals surface area contributed by atoms with Crippen molar-refractivity contribution in [1.29, 1.82) is 0 Å². The highest BCUT2D eigenvalue weighted by molar-refractivity contribution is 7.84. The van der Waals surface area contributed by atoms with Crippen molar-refractivity contribution in [2.24, 2.45) is 0 Å². The van der Waals surface area contributed by atoms with Crippen LogP contribution in [0.2, 0.25) is 16.6 Å². The number of hydrogen-bond acceptors (Lipinski definition) is 5. The number of fused-ring (bicyclic) bond motifs is 9. The van der Waals surface area contributed by atoms with Crippen molar-refractivity contribution in [3.05, 3.63) is 70.1 Å². The van der Waals surface area contributed by atoms with Crippen molar-refractivity contribution in [2.45, 2.75) is 127 Å². The van der Waals surface area contributed by atoms with E-state index in [4.69, 9.17) is 14.1 Å². The van der Waals surface area contributed by atoms with Gasteiger partial charge in [-0.2, -0.15) is 0 Å². The van der Waals surface area contributed by atoms with Gasteiger partial charge in [-0.15, -0.1) is 16.9 Å². The summed E-state index contributed by atoms with van der Waals surface area (Å²) in [5.41, 5.74) is 9.35. The molecule has 2 aromatic heterocycles. The fraction of sp³-hybridized carbons (Fsp3) is 0.525. The Morgan fingerprint density at radius 2 is 1.80 bits per heavy atom. The fourth-order valence-corrected chi connectivity index (χ4v) is 16.0. The molecule has 4 aromatic rings. The Kier molecular flexibility index (Phi) is 7.93. The van der Waals surface area contributed by atoms with E-state index in [9.17, 15) is 9.00 Å². The van der Waals surface area contributed by atoms with E-state index in [1.54, 1.807) is 17.4 Å². The van der Waals surface area contributed by atoms with Gasteiger partial charge >= 0.3 is 0 Å². The third-order valence-electron chi connectivity index (χ3n) is 11.5. The monoisotopic (exact) mass is 728 g/mol. The highest BCUT2D eigenvalue weighted by Gasteiger charge is 2.46. The third-order valence-corrected chi connectivity index (χ3v) is 20.7. The van der Waals surface area contributed by atoms with Crippen molar-refractivity contribution in [1.82, 2.24) is 24.2 Å². The van der Waals surface area contributed by atoms with Gasteiger partial charge in [-0.05, 0) is 86.5 Å². The fourth-order valence-electron chi connectivity index (χ4n) is 8.67. The quantitative estimate of drug-likeness (QED) is 0.152. The molecule has 7 nitrogen and oxygen atoms in total. The molecule has 1 saturated carbocycles. The number of nitrogens with one attached hydrogen (secondary N) is 1. The summed E-state index contributed by atoms with van der Waals surface area (Å²) < 4.78 is 44.0. The number of carbonyl (C=O) groups is 1. The largest absolute Gasteiger partial charge is 0.331 e. The standard InChI is InChI=1S/C40H51N5O2S2Si/c1-24(2)50(25(3)4,26(5)6)20-17-27-13-11-14-29-35(27)32-22-33(44(10)37(29)46)36-42-30-16-15-28(21-31(30)45(32)36)34-23-41-38(48-34)40(18-12-19-40)43-49(47)39(7,8)9/h11,13-16,21,23-26,32-33,43H,12,18-19,22H2,1-10H3/t32-,33-,49?/m1/s1/i10D3. The number of hydrogen-bond donors (Lipinski definition) is 1. The van der Waals surface area contributed by atoms with Gasteiger partial charge in [-0.25, -0.2) is 18.9 Å². The van der Waals surface area contributed by atoms with Crippen LogP contribution >= 0.6 is 11.3 Å². The van der Waals surface area contributed by atoms with Crippen LogP contribution in [0.1, 0.15) is 137 Å². The third kappa shape index (κ3) is 5.46. The lowest BCUT2D eigenvalue weighted by Gasteiger charge is -2.41. The maximum absolute atomic E-state index is 14.3. The molecule has 1 unspecified atom stereocenters. The van der Waals surface area contributed by atoms with E-state index in [0.717, 1.165) is 61.8 Å². The second-order valence-corrected chi connectivity index (χ2v) is 24.9. The predicted octanol–water partition coefficient (Wildman–Crippen LogP) is 9.28. The van der Waals surface area contributed by atoms with Gasteiger partial charge in [0.25, 0.3) is 5.91 Å². The van der Waals surface area contributed by atoms with Crippen LogP contribution in [-0.2, 0) is 16.5 Å². The first kappa shape index (κ1) is 31.6. The average Bonchev–Trinajstić information content (AvgIpc) is 3.74.